The van der Waals surface area contributed by atoms with Crippen molar-refractivity contribution in [3.63, 3.8) is 0 Å². The van der Waals surface area contributed by atoms with E-state index in [4.69, 9.17) is 11.6 Å². The summed E-state index contributed by atoms with van der Waals surface area (Å²) in [4.78, 5) is 0. The van der Waals surface area contributed by atoms with Gasteiger partial charge in [0.05, 0.1) is 0 Å². The summed E-state index contributed by atoms with van der Waals surface area (Å²) >= 11 is 5.95. The third-order valence-electron chi connectivity index (χ3n) is 2.00. The summed E-state index contributed by atoms with van der Waals surface area (Å²) in [5.74, 6) is 0. The summed E-state index contributed by atoms with van der Waals surface area (Å²) in [5.41, 5.74) is 0. The van der Waals surface area contributed by atoms with Gasteiger partial charge in [-0.3, -0.25) is 5.01 Å². The molecular formula is C7H11ClN2. The minimum absolute atomic E-state index is 0.705. The lowest BCUT2D eigenvalue weighted by Gasteiger charge is -2.26. The highest BCUT2D eigenvalue weighted by Gasteiger charge is 2.34. The van der Waals surface area contributed by atoms with Crippen LogP contribution < -0.4 is 0 Å². The van der Waals surface area contributed by atoms with Gasteiger partial charge in [0.1, 0.15) is 5.16 Å². The first kappa shape index (κ1) is 6.50. The molecule has 1 saturated carbocycles. The van der Waals surface area contributed by atoms with Gasteiger partial charge in [-0.2, -0.15) is 0 Å². The predicted molar refractivity (Wildman–Crippen MR) is 41.4 cm³/mol. The number of halogens is 1. The first-order chi connectivity index (χ1) is 4.79. The van der Waals surface area contributed by atoms with Crippen LogP contribution in [-0.4, -0.2) is 29.7 Å². The molecule has 56 valence electrons. The first-order valence-electron chi connectivity index (χ1n) is 3.65. The molecule has 10 heavy (non-hydrogen) atoms. The molecular weight excluding hydrogens is 148 g/mol. The highest BCUT2D eigenvalue weighted by Crippen LogP contribution is 2.34. The Morgan fingerprint density at radius 2 is 2.30 bits per heavy atom. The van der Waals surface area contributed by atoms with E-state index < -0.39 is 0 Å². The number of hydrogen-bond acceptors (Lipinski definition) is 2. The summed E-state index contributed by atoms with van der Waals surface area (Å²) in [5, 5.41) is 5.26. The second kappa shape index (κ2) is 2.14. The Hall–Kier alpha value is -0.210. The first-order valence-corrected chi connectivity index (χ1v) is 4.03. The molecule has 1 aliphatic carbocycles. The van der Waals surface area contributed by atoms with Crippen molar-refractivity contribution < 1.29 is 0 Å². The number of hydrogen-bond donors (Lipinski definition) is 0. The van der Waals surface area contributed by atoms with Crippen LogP contribution in [0.15, 0.2) is 11.2 Å². The largest absolute Gasteiger partial charge is 0.292 e. The Morgan fingerprint density at radius 1 is 1.60 bits per heavy atom. The van der Waals surface area contributed by atoms with Gasteiger partial charge < -0.3 is 0 Å². The summed E-state index contributed by atoms with van der Waals surface area (Å²) in [6, 6.07) is 0.705. The van der Waals surface area contributed by atoms with Gasteiger partial charge in [-0.15, -0.1) is 0 Å². The molecule has 2 rings (SSSR count). The van der Waals surface area contributed by atoms with Gasteiger partial charge in [0.15, 0.2) is 0 Å². The van der Waals surface area contributed by atoms with Crippen molar-refractivity contribution >= 4 is 11.6 Å². The van der Waals surface area contributed by atoms with E-state index in [-0.39, 0.29) is 0 Å². The smallest absolute Gasteiger partial charge is 0.116 e. The average Bonchev–Trinajstić information content (AvgIpc) is 2.64. The van der Waals surface area contributed by atoms with E-state index in [1.807, 2.05) is 0 Å². The maximum absolute atomic E-state index is 5.95. The van der Waals surface area contributed by atoms with Crippen molar-refractivity contribution in [1.29, 1.82) is 0 Å². The van der Waals surface area contributed by atoms with Gasteiger partial charge in [0, 0.05) is 19.6 Å². The lowest BCUT2D eigenvalue weighted by atomic mass is 10.6. The fraction of sp³-hybridized carbons (Fsp3) is 0.714. The number of likely N-dealkylation sites (N-methyl/N-ethyl adjacent to an activating group) is 1. The summed E-state index contributed by atoms with van der Waals surface area (Å²) in [7, 11) is 2.07. The van der Waals surface area contributed by atoms with Crippen molar-refractivity contribution in [2.24, 2.45) is 0 Å². The SMILES string of the molecule is CN1CC=C(Cl)N1C1CC1. The molecule has 0 unspecified atom stereocenters. The molecule has 3 heteroatoms. The molecule has 0 radical (unpaired) electrons. The predicted octanol–water partition coefficient (Wildman–Crippen LogP) is 1.39. The van der Waals surface area contributed by atoms with Crippen LogP contribution in [0, 0.1) is 0 Å². The fourth-order valence-electron chi connectivity index (χ4n) is 1.32. The quantitative estimate of drug-likeness (QED) is 0.533. The molecule has 0 aromatic rings. The number of nitrogens with zero attached hydrogens (tertiary/aromatic N) is 2. The van der Waals surface area contributed by atoms with Crippen LogP contribution in [0.25, 0.3) is 0 Å². The minimum Gasteiger partial charge on any atom is -0.292 e. The average molecular weight is 159 g/mol. The van der Waals surface area contributed by atoms with Gasteiger partial charge in [0.25, 0.3) is 0 Å². The van der Waals surface area contributed by atoms with Crippen molar-refractivity contribution in [2.75, 3.05) is 13.6 Å². The second-order valence-corrected chi connectivity index (χ2v) is 3.33. The van der Waals surface area contributed by atoms with Crippen LogP contribution in [0.4, 0.5) is 0 Å². The lowest BCUT2D eigenvalue weighted by Crippen LogP contribution is -2.34. The normalized spacial score (nSPS) is 27.4. The Kier molecular flexibility index (Phi) is 1.39. The molecule has 0 atom stereocenters. The van der Waals surface area contributed by atoms with Gasteiger partial charge in [-0.1, -0.05) is 11.6 Å². The molecule has 0 aromatic heterocycles. The third kappa shape index (κ3) is 0.917. The van der Waals surface area contributed by atoms with Crippen molar-refractivity contribution in [3.8, 4) is 0 Å². The van der Waals surface area contributed by atoms with Crippen molar-refractivity contribution in [3.05, 3.63) is 11.2 Å². The van der Waals surface area contributed by atoms with Crippen molar-refractivity contribution in [1.82, 2.24) is 10.0 Å². The van der Waals surface area contributed by atoms with Gasteiger partial charge in [0.2, 0.25) is 0 Å². The Labute approximate surface area is 66.0 Å². The van der Waals surface area contributed by atoms with E-state index >= 15 is 0 Å². The number of rotatable bonds is 1. The van der Waals surface area contributed by atoms with Crippen LogP contribution in [0.2, 0.25) is 0 Å². The van der Waals surface area contributed by atoms with E-state index in [2.05, 4.69) is 23.1 Å². The molecule has 0 bridgehead atoms. The standard InChI is InChI=1S/C7H11ClN2/c1-9-5-4-7(8)10(9)6-2-3-6/h4,6H,2-3,5H2,1H3. The van der Waals surface area contributed by atoms with E-state index in [0.29, 0.717) is 6.04 Å². The monoisotopic (exact) mass is 158 g/mol. The minimum atomic E-state index is 0.705. The topological polar surface area (TPSA) is 6.48 Å². The summed E-state index contributed by atoms with van der Waals surface area (Å²) < 4.78 is 0. The van der Waals surface area contributed by atoms with Gasteiger partial charge in [-0.05, 0) is 18.9 Å². The van der Waals surface area contributed by atoms with Crippen LogP contribution in [0.5, 0.6) is 0 Å². The van der Waals surface area contributed by atoms with Gasteiger partial charge >= 0.3 is 0 Å². The fourth-order valence-corrected chi connectivity index (χ4v) is 1.66. The van der Waals surface area contributed by atoms with E-state index in [1.165, 1.54) is 12.8 Å². The Bertz CT molecular complexity index is 174. The maximum Gasteiger partial charge on any atom is 0.116 e. The zero-order valence-corrected chi connectivity index (χ0v) is 6.80. The second-order valence-electron chi connectivity index (χ2n) is 2.94. The zero-order chi connectivity index (χ0) is 7.14. The zero-order valence-electron chi connectivity index (χ0n) is 6.05. The molecule has 0 aromatic carbocycles. The van der Waals surface area contributed by atoms with Crippen LogP contribution in [0.1, 0.15) is 12.8 Å². The summed E-state index contributed by atoms with van der Waals surface area (Å²) in [6.45, 7) is 0.968. The molecule has 0 N–H and O–H groups in total. The van der Waals surface area contributed by atoms with E-state index in [9.17, 15) is 0 Å². The molecule has 0 saturated heterocycles. The van der Waals surface area contributed by atoms with Crippen LogP contribution >= 0.6 is 11.6 Å². The maximum atomic E-state index is 5.95. The number of hydrazine groups is 1. The highest BCUT2D eigenvalue weighted by atomic mass is 35.5. The lowest BCUT2D eigenvalue weighted by molar-refractivity contribution is 0.0700. The molecule has 0 amide bonds. The molecule has 1 fully saturated rings. The molecule has 0 spiro atoms. The van der Waals surface area contributed by atoms with E-state index in [1.54, 1.807) is 0 Å². The molecule has 1 heterocycles. The Morgan fingerprint density at radius 3 is 2.70 bits per heavy atom. The molecule has 1 aliphatic heterocycles. The third-order valence-corrected chi connectivity index (χ3v) is 2.33. The summed E-state index contributed by atoms with van der Waals surface area (Å²) in [6.07, 6.45) is 4.66. The van der Waals surface area contributed by atoms with E-state index in [0.717, 1.165) is 11.7 Å². The van der Waals surface area contributed by atoms with Crippen molar-refractivity contribution in [2.45, 2.75) is 18.9 Å². The molecule has 2 nitrogen and oxygen atoms in total. The van der Waals surface area contributed by atoms with Crippen LogP contribution in [-0.2, 0) is 0 Å². The van der Waals surface area contributed by atoms with Gasteiger partial charge in [-0.25, -0.2) is 5.01 Å². The molecule has 2 aliphatic rings. The highest BCUT2D eigenvalue weighted by molar-refractivity contribution is 6.29. The Balaban J connectivity index is 2.09. The van der Waals surface area contributed by atoms with Crippen LogP contribution in [0.3, 0.4) is 0 Å².